The normalized spacial score (nSPS) is 21.6. The maximum atomic E-state index is 12.9. The van der Waals surface area contributed by atoms with Crippen molar-refractivity contribution in [2.75, 3.05) is 7.05 Å². The number of thiophene rings is 1. The Kier molecular flexibility index (Phi) is 4.27. The van der Waals surface area contributed by atoms with Gasteiger partial charge in [-0.05, 0) is 44.1 Å². The molecule has 0 unspecified atom stereocenters. The Morgan fingerprint density at radius 2 is 2.00 bits per heavy atom. The molecule has 0 atom stereocenters. The third-order valence-electron chi connectivity index (χ3n) is 5.06. The van der Waals surface area contributed by atoms with Gasteiger partial charge in [-0.2, -0.15) is 0 Å². The molecule has 0 saturated heterocycles. The molecular formula is C17H23N3O2S. The van der Waals surface area contributed by atoms with Crippen LogP contribution in [0.25, 0.3) is 10.2 Å². The maximum absolute atomic E-state index is 12.9. The van der Waals surface area contributed by atoms with E-state index in [4.69, 9.17) is 0 Å². The average molecular weight is 333 g/mol. The molecule has 3 rings (SSSR count). The number of fused-ring (bicyclic) bond motifs is 1. The van der Waals surface area contributed by atoms with Crippen LogP contribution in [0.2, 0.25) is 0 Å². The number of nitrogens with zero attached hydrogens (tertiary/aromatic N) is 3. The van der Waals surface area contributed by atoms with Crippen LogP contribution in [-0.2, 0) is 7.05 Å². The van der Waals surface area contributed by atoms with E-state index in [0.717, 1.165) is 24.3 Å². The van der Waals surface area contributed by atoms with E-state index in [1.807, 2.05) is 18.9 Å². The first-order valence-corrected chi connectivity index (χ1v) is 8.93. The highest BCUT2D eigenvalue weighted by Gasteiger charge is 2.28. The molecule has 0 bridgehead atoms. The summed E-state index contributed by atoms with van der Waals surface area (Å²) in [5, 5.41) is 0.578. The fourth-order valence-electron chi connectivity index (χ4n) is 3.37. The zero-order valence-corrected chi connectivity index (χ0v) is 14.9. The van der Waals surface area contributed by atoms with E-state index < -0.39 is 0 Å². The molecule has 1 aliphatic carbocycles. The average Bonchev–Trinajstić information content (AvgIpc) is 2.88. The van der Waals surface area contributed by atoms with Gasteiger partial charge in [0.2, 0.25) is 0 Å². The molecule has 1 saturated carbocycles. The molecule has 23 heavy (non-hydrogen) atoms. The zero-order chi connectivity index (χ0) is 16.7. The van der Waals surface area contributed by atoms with E-state index in [9.17, 15) is 9.59 Å². The molecule has 2 heterocycles. The smallest absolute Gasteiger partial charge is 0.264 e. The van der Waals surface area contributed by atoms with E-state index in [1.165, 1.54) is 35.1 Å². The number of amides is 1. The summed E-state index contributed by atoms with van der Waals surface area (Å²) < 4.78 is 1.46. The number of aryl methyl sites for hydroxylation is 2. The SMILES string of the molecule is Cc1c(C(=O)N(C)C2CCC(C)CC2)sc2ncn(C)c(=O)c12. The summed E-state index contributed by atoms with van der Waals surface area (Å²) in [5.41, 5.74) is 0.677. The predicted molar refractivity (Wildman–Crippen MR) is 93.1 cm³/mol. The van der Waals surface area contributed by atoms with Gasteiger partial charge < -0.3 is 9.47 Å². The Morgan fingerprint density at radius 3 is 2.65 bits per heavy atom. The van der Waals surface area contributed by atoms with Crippen LogP contribution in [0.15, 0.2) is 11.1 Å². The third-order valence-corrected chi connectivity index (χ3v) is 6.25. The van der Waals surface area contributed by atoms with Crippen LogP contribution in [0.1, 0.15) is 47.8 Å². The highest BCUT2D eigenvalue weighted by atomic mass is 32.1. The standard InChI is InChI=1S/C17H23N3O2S/c1-10-5-7-12(8-6-10)20(4)17(22)14-11(2)13-15(23-14)18-9-19(3)16(13)21/h9-10,12H,5-8H2,1-4H3. The third kappa shape index (κ3) is 2.80. The molecule has 0 spiro atoms. The van der Waals surface area contributed by atoms with Crippen molar-refractivity contribution in [1.29, 1.82) is 0 Å². The number of hydrogen-bond acceptors (Lipinski definition) is 4. The summed E-state index contributed by atoms with van der Waals surface area (Å²) in [6, 6.07) is 0.305. The summed E-state index contributed by atoms with van der Waals surface area (Å²) in [4.78, 5) is 32.7. The first kappa shape index (κ1) is 16.2. The molecule has 1 fully saturated rings. The lowest BCUT2D eigenvalue weighted by molar-refractivity contribution is 0.0684. The molecule has 2 aromatic heterocycles. The van der Waals surface area contributed by atoms with Crippen molar-refractivity contribution in [3.63, 3.8) is 0 Å². The second-order valence-electron chi connectivity index (χ2n) is 6.73. The molecule has 5 nitrogen and oxygen atoms in total. The Bertz CT molecular complexity index is 800. The van der Waals surface area contributed by atoms with E-state index in [1.54, 1.807) is 7.05 Å². The van der Waals surface area contributed by atoms with E-state index >= 15 is 0 Å². The molecule has 0 radical (unpaired) electrons. The van der Waals surface area contributed by atoms with Crippen LogP contribution >= 0.6 is 11.3 Å². The summed E-state index contributed by atoms with van der Waals surface area (Å²) in [6.45, 7) is 4.13. The molecule has 2 aromatic rings. The monoisotopic (exact) mass is 333 g/mol. The number of carbonyl (C=O) groups excluding carboxylic acids is 1. The lowest BCUT2D eigenvalue weighted by Crippen LogP contribution is -2.39. The highest BCUT2D eigenvalue weighted by Crippen LogP contribution is 2.31. The Hall–Kier alpha value is -1.69. The van der Waals surface area contributed by atoms with Gasteiger partial charge in [0.05, 0.1) is 16.6 Å². The fourth-order valence-corrected chi connectivity index (χ4v) is 4.49. The van der Waals surface area contributed by atoms with Gasteiger partial charge in [-0.1, -0.05) is 6.92 Å². The number of aromatic nitrogens is 2. The zero-order valence-electron chi connectivity index (χ0n) is 14.1. The molecule has 6 heteroatoms. The molecule has 0 N–H and O–H groups in total. The van der Waals surface area contributed by atoms with Gasteiger partial charge in [0, 0.05) is 20.1 Å². The van der Waals surface area contributed by atoms with Crippen molar-refractivity contribution in [3.05, 3.63) is 27.1 Å². The number of hydrogen-bond donors (Lipinski definition) is 0. The van der Waals surface area contributed by atoms with Gasteiger partial charge >= 0.3 is 0 Å². The largest absolute Gasteiger partial charge is 0.338 e. The molecular weight excluding hydrogens is 310 g/mol. The van der Waals surface area contributed by atoms with Gasteiger partial charge in [-0.15, -0.1) is 11.3 Å². The first-order chi connectivity index (χ1) is 10.9. The van der Waals surface area contributed by atoms with Crippen molar-refractivity contribution in [1.82, 2.24) is 14.5 Å². The molecule has 124 valence electrons. The highest BCUT2D eigenvalue weighted by molar-refractivity contribution is 7.20. The summed E-state index contributed by atoms with van der Waals surface area (Å²) >= 11 is 1.33. The minimum atomic E-state index is -0.0862. The van der Waals surface area contributed by atoms with Crippen molar-refractivity contribution < 1.29 is 4.79 Å². The lowest BCUT2D eigenvalue weighted by Gasteiger charge is -2.33. The van der Waals surface area contributed by atoms with Gasteiger partial charge in [-0.3, -0.25) is 9.59 Å². The molecule has 1 aliphatic rings. The van der Waals surface area contributed by atoms with Crippen molar-refractivity contribution in [2.45, 2.75) is 45.6 Å². The van der Waals surface area contributed by atoms with Crippen LogP contribution in [0.5, 0.6) is 0 Å². The van der Waals surface area contributed by atoms with Crippen LogP contribution in [0.3, 0.4) is 0 Å². The number of rotatable bonds is 2. The maximum Gasteiger partial charge on any atom is 0.264 e. The predicted octanol–water partition coefficient (Wildman–Crippen LogP) is 2.95. The van der Waals surface area contributed by atoms with Crippen molar-refractivity contribution in [3.8, 4) is 0 Å². The fraction of sp³-hybridized carbons (Fsp3) is 0.588. The second kappa shape index (κ2) is 6.07. The first-order valence-electron chi connectivity index (χ1n) is 8.12. The van der Waals surface area contributed by atoms with E-state index in [0.29, 0.717) is 21.1 Å². The minimum absolute atomic E-state index is 0.0205. The quantitative estimate of drug-likeness (QED) is 0.849. The van der Waals surface area contributed by atoms with Gasteiger partial charge in [0.15, 0.2) is 0 Å². The molecule has 1 amide bonds. The van der Waals surface area contributed by atoms with Crippen LogP contribution in [0, 0.1) is 12.8 Å². The van der Waals surface area contributed by atoms with Crippen LogP contribution < -0.4 is 5.56 Å². The van der Waals surface area contributed by atoms with Crippen LogP contribution in [0.4, 0.5) is 0 Å². The summed E-state index contributed by atoms with van der Waals surface area (Å²) in [6.07, 6.45) is 5.99. The van der Waals surface area contributed by atoms with Gasteiger partial charge in [-0.25, -0.2) is 4.98 Å². The lowest BCUT2D eigenvalue weighted by atomic mass is 9.86. The molecule has 0 aromatic carbocycles. The Morgan fingerprint density at radius 1 is 1.35 bits per heavy atom. The minimum Gasteiger partial charge on any atom is -0.338 e. The Balaban J connectivity index is 1.93. The Labute approximate surface area is 139 Å². The van der Waals surface area contributed by atoms with E-state index in [2.05, 4.69) is 11.9 Å². The van der Waals surface area contributed by atoms with E-state index in [-0.39, 0.29) is 11.5 Å². The number of carbonyl (C=O) groups is 1. The van der Waals surface area contributed by atoms with Crippen LogP contribution in [-0.4, -0.2) is 33.4 Å². The summed E-state index contributed by atoms with van der Waals surface area (Å²) in [7, 11) is 3.57. The molecule has 0 aliphatic heterocycles. The summed E-state index contributed by atoms with van der Waals surface area (Å²) in [5.74, 6) is 0.778. The topological polar surface area (TPSA) is 55.2 Å². The van der Waals surface area contributed by atoms with Gasteiger partial charge in [0.25, 0.3) is 11.5 Å². The van der Waals surface area contributed by atoms with Gasteiger partial charge in [0.1, 0.15) is 4.83 Å². The second-order valence-corrected chi connectivity index (χ2v) is 7.73. The van der Waals surface area contributed by atoms with Crippen molar-refractivity contribution in [2.24, 2.45) is 13.0 Å². The van der Waals surface area contributed by atoms with Crippen molar-refractivity contribution >= 4 is 27.5 Å².